The van der Waals surface area contributed by atoms with Crippen molar-refractivity contribution in [1.82, 2.24) is 19.5 Å². The first-order valence-electron chi connectivity index (χ1n) is 7.77. The molecule has 2 aromatic heterocycles. The molecule has 0 N–H and O–H groups in total. The molecule has 0 bridgehead atoms. The second kappa shape index (κ2) is 6.09. The lowest BCUT2D eigenvalue weighted by Crippen LogP contribution is -2.48. The van der Waals surface area contributed by atoms with Crippen LogP contribution in [0.4, 0.5) is 5.13 Å². The van der Waals surface area contributed by atoms with Crippen LogP contribution < -0.4 is 4.90 Å². The fourth-order valence-corrected chi connectivity index (χ4v) is 3.46. The lowest BCUT2D eigenvalue weighted by atomic mass is 9.93. The van der Waals surface area contributed by atoms with Crippen LogP contribution in [0.15, 0.2) is 6.20 Å². The first-order valence-corrected chi connectivity index (χ1v) is 8.59. The molecule has 1 aliphatic heterocycles. The maximum atomic E-state index is 11.3. The van der Waals surface area contributed by atoms with Crippen molar-refractivity contribution in [2.45, 2.75) is 26.2 Å². The monoisotopic (exact) mass is 337 g/mol. The Balaban J connectivity index is 1.66. The van der Waals surface area contributed by atoms with Crippen molar-refractivity contribution >= 4 is 27.4 Å². The molecular formula is C15H23N5O2S. The molecular weight excluding hydrogens is 314 g/mol. The van der Waals surface area contributed by atoms with Crippen molar-refractivity contribution in [2.75, 3.05) is 44.7 Å². The first-order chi connectivity index (χ1) is 10.9. The Morgan fingerprint density at radius 3 is 2.57 bits per heavy atom. The smallest absolute Gasteiger partial charge is 0.319 e. The molecule has 3 heterocycles. The number of esters is 1. The highest BCUT2D eigenvalue weighted by Crippen LogP contribution is 2.28. The topological polar surface area (TPSA) is 63.0 Å². The number of hydrogen-bond donors (Lipinski definition) is 0. The second-order valence-electron chi connectivity index (χ2n) is 6.83. The molecule has 3 rings (SSSR count). The largest absolute Gasteiger partial charge is 0.468 e. The molecule has 0 atom stereocenters. The van der Waals surface area contributed by atoms with Crippen LogP contribution in [-0.4, -0.2) is 65.3 Å². The van der Waals surface area contributed by atoms with Crippen molar-refractivity contribution in [2.24, 2.45) is 0 Å². The molecule has 7 nitrogen and oxygen atoms in total. The third-order valence-corrected chi connectivity index (χ3v) is 5.01. The number of rotatable bonds is 3. The molecule has 0 amide bonds. The average molecular weight is 337 g/mol. The van der Waals surface area contributed by atoms with Gasteiger partial charge in [-0.25, -0.2) is 9.50 Å². The predicted molar refractivity (Wildman–Crippen MR) is 90.2 cm³/mol. The zero-order valence-corrected chi connectivity index (χ0v) is 14.9. The number of nitrogens with zero attached hydrogens (tertiary/aromatic N) is 5. The summed E-state index contributed by atoms with van der Waals surface area (Å²) in [4.78, 5) is 21.3. The van der Waals surface area contributed by atoms with Gasteiger partial charge in [0.25, 0.3) is 0 Å². The number of anilines is 1. The fraction of sp³-hybridized carbons (Fsp3) is 0.667. The lowest BCUT2D eigenvalue weighted by Gasteiger charge is -2.33. The Morgan fingerprint density at radius 2 is 2.00 bits per heavy atom. The van der Waals surface area contributed by atoms with Gasteiger partial charge in [-0.05, 0) is 0 Å². The third kappa shape index (κ3) is 3.48. The van der Waals surface area contributed by atoms with E-state index in [9.17, 15) is 4.79 Å². The van der Waals surface area contributed by atoms with E-state index >= 15 is 0 Å². The molecule has 0 aromatic carbocycles. The molecule has 0 saturated carbocycles. The van der Waals surface area contributed by atoms with Gasteiger partial charge in [-0.1, -0.05) is 32.1 Å². The van der Waals surface area contributed by atoms with Crippen LogP contribution in [0.3, 0.4) is 0 Å². The van der Waals surface area contributed by atoms with Crippen LogP contribution in [-0.2, 0) is 14.9 Å². The van der Waals surface area contributed by atoms with Crippen LogP contribution in [0.2, 0.25) is 0 Å². The molecule has 126 valence electrons. The minimum absolute atomic E-state index is 0.0348. The molecule has 1 saturated heterocycles. The normalized spacial score (nSPS) is 17.0. The Bertz CT molecular complexity index is 663. The summed E-state index contributed by atoms with van der Waals surface area (Å²) in [5, 5.41) is 5.65. The number of carbonyl (C=O) groups excluding carboxylic acids is 1. The fourth-order valence-electron chi connectivity index (χ4n) is 2.52. The maximum Gasteiger partial charge on any atom is 0.319 e. The summed E-state index contributed by atoms with van der Waals surface area (Å²) in [5.41, 5.74) is 1.10. The van der Waals surface area contributed by atoms with Gasteiger partial charge in [0.15, 0.2) is 0 Å². The van der Waals surface area contributed by atoms with E-state index in [4.69, 9.17) is 4.74 Å². The van der Waals surface area contributed by atoms with Crippen LogP contribution in [0, 0.1) is 0 Å². The summed E-state index contributed by atoms with van der Waals surface area (Å²) in [6.45, 7) is 10.2. The average Bonchev–Trinajstić information content (AvgIpc) is 3.06. The van der Waals surface area contributed by atoms with Crippen LogP contribution in [0.25, 0.3) is 4.96 Å². The number of piperazine rings is 1. The highest BCUT2D eigenvalue weighted by molar-refractivity contribution is 7.20. The summed E-state index contributed by atoms with van der Waals surface area (Å²) in [7, 11) is 1.43. The van der Waals surface area contributed by atoms with Gasteiger partial charge in [0, 0.05) is 31.6 Å². The molecule has 1 aliphatic rings. The summed E-state index contributed by atoms with van der Waals surface area (Å²) in [5.74, 6) is -0.180. The SMILES string of the molecule is COC(=O)CN1CCN(c2nn3cc(C(C)(C)C)nc3s2)CC1. The van der Waals surface area contributed by atoms with E-state index in [1.54, 1.807) is 11.3 Å². The Morgan fingerprint density at radius 1 is 1.30 bits per heavy atom. The molecule has 23 heavy (non-hydrogen) atoms. The summed E-state index contributed by atoms with van der Waals surface area (Å²) < 4.78 is 6.59. The van der Waals surface area contributed by atoms with Crippen LogP contribution in [0.1, 0.15) is 26.5 Å². The number of ether oxygens (including phenoxy) is 1. The zero-order valence-electron chi connectivity index (χ0n) is 14.1. The Hall–Kier alpha value is -1.67. The quantitative estimate of drug-likeness (QED) is 0.789. The summed E-state index contributed by atoms with van der Waals surface area (Å²) in [6, 6.07) is 0. The van der Waals surface area contributed by atoms with E-state index < -0.39 is 0 Å². The van der Waals surface area contributed by atoms with Gasteiger partial charge >= 0.3 is 5.97 Å². The van der Waals surface area contributed by atoms with Gasteiger partial charge < -0.3 is 9.64 Å². The molecule has 2 aromatic rings. The molecule has 1 fully saturated rings. The third-order valence-electron chi connectivity index (χ3n) is 4.02. The number of carbonyl (C=O) groups is 1. The van der Waals surface area contributed by atoms with Crippen molar-refractivity contribution in [1.29, 1.82) is 0 Å². The van der Waals surface area contributed by atoms with Crippen molar-refractivity contribution < 1.29 is 9.53 Å². The van der Waals surface area contributed by atoms with Gasteiger partial charge in [-0.2, -0.15) is 0 Å². The van der Waals surface area contributed by atoms with Crippen LogP contribution in [0.5, 0.6) is 0 Å². The predicted octanol–water partition coefficient (Wildman–Crippen LogP) is 1.38. The summed E-state index contributed by atoms with van der Waals surface area (Å²) >= 11 is 1.62. The van der Waals surface area contributed by atoms with E-state index in [1.807, 2.05) is 10.7 Å². The van der Waals surface area contributed by atoms with Gasteiger partial charge in [-0.15, -0.1) is 5.10 Å². The molecule has 0 radical (unpaired) electrons. The lowest BCUT2D eigenvalue weighted by molar-refractivity contribution is -0.142. The minimum atomic E-state index is -0.180. The van der Waals surface area contributed by atoms with Gasteiger partial charge in [0.2, 0.25) is 10.1 Å². The van der Waals surface area contributed by atoms with E-state index in [0.29, 0.717) is 6.54 Å². The number of imidazole rings is 1. The number of methoxy groups -OCH3 is 1. The molecule has 0 unspecified atom stereocenters. The van der Waals surface area contributed by atoms with Crippen molar-refractivity contribution in [3.63, 3.8) is 0 Å². The molecule has 0 spiro atoms. The highest BCUT2D eigenvalue weighted by atomic mass is 32.1. The Kier molecular flexibility index (Phi) is 4.29. The second-order valence-corrected chi connectivity index (χ2v) is 7.76. The van der Waals surface area contributed by atoms with Crippen molar-refractivity contribution in [3.8, 4) is 0 Å². The van der Waals surface area contributed by atoms with Crippen molar-refractivity contribution in [3.05, 3.63) is 11.9 Å². The number of aromatic nitrogens is 3. The number of hydrogen-bond acceptors (Lipinski definition) is 7. The Labute approximate surface area is 139 Å². The molecule has 0 aliphatic carbocycles. The van der Waals surface area contributed by atoms with Crippen LogP contribution >= 0.6 is 11.3 Å². The number of fused-ring (bicyclic) bond motifs is 1. The highest BCUT2D eigenvalue weighted by Gasteiger charge is 2.24. The van der Waals surface area contributed by atoms with Gasteiger partial charge in [0.1, 0.15) is 0 Å². The summed E-state index contributed by atoms with van der Waals surface area (Å²) in [6.07, 6.45) is 2.02. The van der Waals surface area contributed by atoms with E-state index in [2.05, 4.69) is 40.7 Å². The minimum Gasteiger partial charge on any atom is -0.468 e. The van der Waals surface area contributed by atoms with Gasteiger partial charge in [0.05, 0.1) is 25.5 Å². The molecule has 8 heteroatoms. The van der Waals surface area contributed by atoms with E-state index in [1.165, 1.54) is 7.11 Å². The standard InChI is InChI=1S/C15H23N5O2S/c1-15(2,3)11-9-20-13(16-11)23-14(17-20)19-7-5-18(6-8-19)10-12(21)22-4/h9H,5-8,10H2,1-4H3. The van der Waals surface area contributed by atoms with Gasteiger partial charge in [-0.3, -0.25) is 9.69 Å². The first kappa shape index (κ1) is 16.2. The zero-order chi connectivity index (χ0) is 16.6. The van der Waals surface area contributed by atoms with E-state index in [0.717, 1.165) is 42.0 Å². The maximum absolute atomic E-state index is 11.3. The van der Waals surface area contributed by atoms with E-state index in [-0.39, 0.29) is 11.4 Å².